The Balaban J connectivity index is 1.77. The highest BCUT2D eigenvalue weighted by Gasteiger charge is 2.14. The van der Waals surface area contributed by atoms with E-state index in [9.17, 15) is 0 Å². The van der Waals surface area contributed by atoms with E-state index < -0.39 is 0 Å². The normalized spacial score (nSPS) is 11.3. The first kappa shape index (κ1) is 17.8. The molecule has 5 rings (SSSR count). The molecule has 0 saturated carbocycles. The first-order valence-electron chi connectivity index (χ1n) is 9.51. The van der Waals surface area contributed by atoms with Crippen molar-refractivity contribution in [3.63, 3.8) is 0 Å². The summed E-state index contributed by atoms with van der Waals surface area (Å²) >= 11 is 6.35. The molecular weight excluding hydrogens is 378 g/mol. The number of benzene rings is 4. The largest absolute Gasteiger partial charge is 0.226 e. The standard InChI is InChI=1S/C25H18ClN3/c1-15-11-13-21(19-9-5-3-7-17(15)19)23-27-24(29-25(26)28-23)22-14-12-16(2)18-8-4-6-10-20(18)22/h3-14H,1-2H3. The Kier molecular flexibility index (Phi) is 4.26. The minimum atomic E-state index is 0.194. The highest BCUT2D eigenvalue weighted by Crippen LogP contribution is 2.32. The minimum absolute atomic E-state index is 0.194. The molecule has 5 aromatic rings. The number of aromatic nitrogens is 3. The predicted octanol–water partition coefficient (Wildman–Crippen LogP) is 6.78. The van der Waals surface area contributed by atoms with Gasteiger partial charge >= 0.3 is 0 Å². The van der Waals surface area contributed by atoms with Gasteiger partial charge in [0.25, 0.3) is 0 Å². The maximum absolute atomic E-state index is 6.35. The van der Waals surface area contributed by atoms with Gasteiger partial charge in [0.1, 0.15) is 0 Å². The smallest absolute Gasteiger partial charge is 0.208 e. The van der Waals surface area contributed by atoms with E-state index in [4.69, 9.17) is 16.6 Å². The molecule has 0 spiro atoms. The molecule has 29 heavy (non-hydrogen) atoms. The van der Waals surface area contributed by atoms with Gasteiger partial charge in [-0.05, 0) is 58.1 Å². The minimum Gasteiger partial charge on any atom is -0.208 e. The van der Waals surface area contributed by atoms with Crippen molar-refractivity contribution in [3.8, 4) is 22.8 Å². The third-order valence-corrected chi connectivity index (χ3v) is 5.54. The van der Waals surface area contributed by atoms with E-state index in [1.54, 1.807) is 0 Å². The summed E-state index contributed by atoms with van der Waals surface area (Å²) in [5.41, 5.74) is 4.34. The lowest BCUT2D eigenvalue weighted by molar-refractivity contribution is 1.07. The number of aryl methyl sites for hydroxylation is 2. The van der Waals surface area contributed by atoms with Crippen LogP contribution in [0.3, 0.4) is 0 Å². The fourth-order valence-electron chi connectivity index (χ4n) is 3.88. The molecule has 4 aromatic carbocycles. The lowest BCUT2D eigenvalue weighted by Gasteiger charge is -2.11. The highest BCUT2D eigenvalue weighted by molar-refractivity contribution is 6.28. The van der Waals surface area contributed by atoms with E-state index in [0.29, 0.717) is 11.6 Å². The van der Waals surface area contributed by atoms with Crippen molar-refractivity contribution in [3.05, 3.63) is 89.2 Å². The van der Waals surface area contributed by atoms with Crippen molar-refractivity contribution < 1.29 is 0 Å². The quantitative estimate of drug-likeness (QED) is 0.330. The summed E-state index contributed by atoms with van der Waals surface area (Å²) in [5.74, 6) is 1.17. The zero-order valence-corrected chi connectivity index (χ0v) is 16.9. The second-order valence-electron chi connectivity index (χ2n) is 7.20. The molecule has 0 unspecified atom stereocenters. The van der Waals surface area contributed by atoms with E-state index >= 15 is 0 Å². The van der Waals surface area contributed by atoms with E-state index in [-0.39, 0.29) is 5.28 Å². The topological polar surface area (TPSA) is 38.7 Å². The van der Waals surface area contributed by atoms with Crippen LogP contribution in [0.4, 0.5) is 0 Å². The van der Waals surface area contributed by atoms with Crippen molar-refractivity contribution in [2.75, 3.05) is 0 Å². The number of fused-ring (bicyclic) bond motifs is 2. The maximum Gasteiger partial charge on any atom is 0.226 e. The van der Waals surface area contributed by atoms with Crippen molar-refractivity contribution >= 4 is 33.1 Å². The second-order valence-corrected chi connectivity index (χ2v) is 7.54. The number of nitrogens with zero attached hydrogens (tertiary/aromatic N) is 3. The molecule has 0 N–H and O–H groups in total. The molecule has 0 aliphatic carbocycles. The molecule has 0 aliphatic heterocycles. The molecule has 0 atom stereocenters. The number of hydrogen-bond acceptors (Lipinski definition) is 3. The Bertz CT molecular complexity index is 1290. The average molecular weight is 396 g/mol. The van der Waals surface area contributed by atoms with Crippen LogP contribution in [0.15, 0.2) is 72.8 Å². The van der Waals surface area contributed by atoms with Gasteiger partial charge in [0.15, 0.2) is 11.6 Å². The number of rotatable bonds is 2. The second kappa shape index (κ2) is 6.94. The van der Waals surface area contributed by atoms with Crippen LogP contribution >= 0.6 is 11.6 Å². The molecule has 0 bridgehead atoms. The Morgan fingerprint density at radius 1 is 0.517 bits per heavy atom. The van der Waals surface area contributed by atoms with Crippen LogP contribution in [0.25, 0.3) is 44.3 Å². The van der Waals surface area contributed by atoms with Gasteiger partial charge in [-0.15, -0.1) is 0 Å². The van der Waals surface area contributed by atoms with Crippen molar-refractivity contribution in [1.82, 2.24) is 15.0 Å². The van der Waals surface area contributed by atoms with Gasteiger partial charge in [0, 0.05) is 11.1 Å². The van der Waals surface area contributed by atoms with Crippen molar-refractivity contribution in [2.45, 2.75) is 13.8 Å². The Labute approximate surface area is 174 Å². The summed E-state index contributed by atoms with van der Waals surface area (Å²) in [4.78, 5) is 13.7. The van der Waals surface area contributed by atoms with E-state index in [1.807, 2.05) is 24.3 Å². The summed E-state index contributed by atoms with van der Waals surface area (Å²) in [6, 6.07) is 24.9. The van der Waals surface area contributed by atoms with Crippen LogP contribution in [0.1, 0.15) is 11.1 Å². The monoisotopic (exact) mass is 395 g/mol. The molecule has 0 fully saturated rings. The lowest BCUT2D eigenvalue weighted by atomic mass is 9.99. The first-order valence-corrected chi connectivity index (χ1v) is 9.88. The Morgan fingerprint density at radius 2 is 0.931 bits per heavy atom. The Morgan fingerprint density at radius 3 is 1.38 bits per heavy atom. The van der Waals surface area contributed by atoms with Gasteiger partial charge in [0.2, 0.25) is 5.28 Å². The summed E-state index contributed by atoms with van der Waals surface area (Å²) in [6.45, 7) is 4.22. The molecule has 3 nitrogen and oxygen atoms in total. The number of hydrogen-bond donors (Lipinski definition) is 0. The van der Waals surface area contributed by atoms with Gasteiger partial charge in [-0.25, -0.2) is 4.98 Å². The van der Waals surface area contributed by atoms with Crippen molar-refractivity contribution in [1.29, 1.82) is 0 Å². The van der Waals surface area contributed by atoms with Crippen LogP contribution < -0.4 is 0 Å². The van der Waals surface area contributed by atoms with Crippen LogP contribution in [0.2, 0.25) is 5.28 Å². The fraction of sp³-hybridized carbons (Fsp3) is 0.0800. The molecule has 0 aliphatic rings. The predicted molar refractivity (Wildman–Crippen MR) is 120 cm³/mol. The molecule has 1 aromatic heterocycles. The van der Waals surface area contributed by atoms with E-state index in [0.717, 1.165) is 21.9 Å². The molecule has 4 heteroatoms. The summed E-state index contributed by atoms with van der Waals surface area (Å²) in [5, 5.41) is 4.77. The molecule has 0 saturated heterocycles. The zero-order valence-electron chi connectivity index (χ0n) is 16.1. The first-order chi connectivity index (χ1) is 14.1. The summed E-state index contributed by atoms with van der Waals surface area (Å²) in [6.07, 6.45) is 0. The zero-order chi connectivity index (χ0) is 20.0. The van der Waals surface area contributed by atoms with Crippen LogP contribution in [-0.4, -0.2) is 15.0 Å². The van der Waals surface area contributed by atoms with Crippen LogP contribution in [0, 0.1) is 13.8 Å². The van der Waals surface area contributed by atoms with Crippen LogP contribution in [-0.2, 0) is 0 Å². The van der Waals surface area contributed by atoms with Gasteiger partial charge in [0.05, 0.1) is 0 Å². The molecule has 0 amide bonds. The third-order valence-electron chi connectivity index (χ3n) is 5.37. The van der Waals surface area contributed by atoms with E-state index in [2.05, 4.69) is 72.3 Å². The Hall–Kier alpha value is -3.30. The van der Waals surface area contributed by atoms with Crippen molar-refractivity contribution in [2.24, 2.45) is 0 Å². The van der Waals surface area contributed by atoms with Gasteiger partial charge < -0.3 is 0 Å². The average Bonchev–Trinajstić information content (AvgIpc) is 2.74. The van der Waals surface area contributed by atoms with Crippen LogP contribution in [0.5, 0.6) is 0 Å². The highest BCUT2D eigenvalue weighted by atomic mass is 35.5. The lowest BCUT2D eigenvalue weighted by Crippen LogP contribution is -1.99. The number of halogens is 1. The SMILES string of the molecule is Cc1ccc(-c2nc(Cl)nc(-c3ccc(C)c4ccccc34)n2)c2ccccc12. The maximum atomic E-state index is 6.35. The van der Waals surface area contributed by atoms with Gasteiger partial charge in [-0.3, -0.25) is 0 Å². The molecular formula is C25H18ClN3. The van der Waals surface area contributed by atoms with E-state index in [1.165, 1.54) is 21.9 Å². The van der Waals surface area contributed by atoms with Gasteiger partial charge in [-0.1, -0.05) is 72.8 Å². The molecule has 0 radical (unpaired) electrons. The fourth-order valence-corrected chi connectivity index (χ4v) is 4.04. The molecule has 1 heterocycles. The van der Waals surface area contributed by atoms with Gasteiger partial charge in [-0.2, -0.15) is 9.97 Å². The summed E-state index contributed by atoms with van der Waals surface area (Å²) in [7, 11) is 0. The summed E-state index contributed by atoms with van der Waals surface area (Å²) < 4.78 is 0. The third kappa shape index (κ3) is 3.04. The molecule has 140 valence electrons.